The van der Waals surface area contributed by atoms with Gasteiger partial charge in [-0.1, -0.05) is 18.2 Å². The summed E-state index contributed by atoms with van der Waals surface area (Å²) in [5.41, 5.74) is 1.49. The normalized spacial score (nSPS) is 22.1. The summed E-state index contributed by atoms with van der Waals surface area (Å²) >= 11 is 1.28. The first kappa shape index (κ1) is 16.9. The lowest BCUT2D eigenvalue weighted by atomic mass is 9.66. The van der Waals surface area contributed by atoms with Crippen LogP contribution in [-0.2, 0) is 4.65 Å². The molecule has 0 amide bonds. The van der Waals surface area contributed by atoms with E-state index >= 15 is 0 Å². The van der Waals surface area contributed by atoms with Gasteiger partial charge in [0.25, 0.3) is 0 Å². The van der Waals surface area contributed by atoms with E-state index in [0.717, 1.165) is 5.57 Å². The van der Waals surface area contributed by atoms with Crippen LogP contribution in [0.2, 0.25) is 5.82 Å². The van der Waals surface area contributed by atoms with Crippen molar-refractivity contribution < 1.29 is 19.6 Å². The lowest BCUT2D eigenvalue weighted by molar-refractivity contribution is 0.0699. The van der Waals surface area contributed by atoms with Gasteiger partial charge in [0, 0.05) is 30.8 Å². The van der Waals surface area contributed by atoms with Crippen molar-refractivity contribution in [3.63, 3.8) is 0 Å². The predicted molar refractivity (Wildman–Crippen MR) is 99.7 cm³/mol. The molecule has 0 spiro atoms. The number of allylic oxidation sites excluding steroid dienone is 3. The molecule has 0 bridgehead atoms. The standard InChI is InChI=1S/C16H15BN4O4S/c1-21(15-14-13(18-8-19-15)11(7-26-14)16(22)23)20-5-9-2-3-12-10(4-9)6-25-17(12)24/h2-5,7-8,10,12,24H,6H2,1H3,(H,22,23)/b20-5+. The van der Waals surface area contributed by atoms with E-state index in [0.29, 0.717) is 22.6 Å². The zero-order chi connectivity index (χ0) is 18.3. The summed E-state index contributed by atoms with van der Waals surface area (Å²) in [6.07, 6.45) is 8.91. The van der Waals surface area contributed by atoms with Gasteiger partial charge in [0.1, 0.15) is 11.8 Å². The molecule has 8 nitrogen and oxygen atoms in total. The summed E-state index contributed by atoms with van der Waals surface area (Å²) in [5.74, 6) is -0.337. The van der Waals surface area contributed by atoms with Crippen LogP contribution >= 0.6 is 11.3 Å². The Labute approximate surface area is 153 Å². The van der Waals surface area contributed by atoms with E-state index in [-0.39, 0.29) is 17.3 Å². The maximum absolute atomic E-state index is 11.3. The van der Waals surface area contributed by atoms with Gasteiger partial charge in [0.15, 0.2) is 5.82 Å². The SMILES string of the molecule is CN(/N=C/C1=CC2COB(O)C2C=C1)c1ncnc2c(C(=O)O)csc12. The van der Waals surface area contributed by atoms with Gasteiger partial charge in [-0.2, -0.15) is 5.10 Å². The molecule has 2 N–H and O–H groups in total. The molecule has 132 valence electrons. The molecule has 1 saturated heterocycles. The van der Waals surface area contributed by atoms with Gasteiger partial charge >= 0.3 is 13.1 Å². The van der Waals surface area contributed by atoms with Crippen molar-refractivity contribution in [1.29, 1.82) is 0 Å². The van der Waals surface area contributed by atoms with Crippen LogP contribution < -0.4 is 5.01 Å². The molecule has 4 rings (SSSR count). The number of aromatic nitrogens is 2. The van der Waals surface area contributed by atoms with Gasteiger partial charge in [0.05, 0.1) is 16.5 Å². The fourth-order valence-corrected chi connectivity index (χ4v) is 4.09. The predicted octanol–water partition coefficient (Wildman–Crippen LogP) is 1.80. The van der Waals surface area contributed by atoms with Crippen LogP contribution in [0.4, 0.5) is 5.82 Å². The fourth-order valence-electron chi connectivity index (χ4n) is 3.08. The number of carbonyl (C=O) groups is 1. The van der Waals surface area contributed by atoms with Gasteiger partial charge in [-0.3, -0.25) is 0 Å². The van der Waals surface area contributed by atoms with E-state index in [1.807, 2.05) is 18.2 Å². The van der Waals surface area contributed by atoms with Crippen LogP contribution in [0.1, 0.15) is 10.4 Å². The number of carboxylic acid groups (broad SMARTS) is 1. The topological polar surface area (TPSA) is 108 Å². The number of hydrogen-bond acceptors (Lipinski definition) is 8. The van der Waals surface area contributed by atoms with Crippen molar-refractivity contribution in [3.8, 4) is 0 Å². The molecule has 0 saturated carbocycles. The molecule has 2 aromatic heterocycles. The number of anilines is 1. The number of rotatable bonds is 4. The third-order valence-corrected chi connectivity index (χ3v) is 5.42. The van der Waals surface area contributed by atoms with Gasteiger partial charge < -0.3 is 14.8 Å². The lowest BCUT2D eigenvalue weighted by Crippen LogP contribution is -2.18. The average Bonchev–Trinajstić information content (AvgIpc) is 3.23. The Hall–Kier alpha value is -2.56. The summed E-state index contributed by atoms with van der Waals surface area (Å²) < 4.78 is 5.93. The number of hydrogen-bond donors (Lipinski definition) is 2. The second kappa shape index (κ2) is 6.63. The number of fused-ring (bicyclic) bond motifs is 2. The average molecular weight is 370 g/mol. The van der Waals surface area contributed by atoms with Gasteiger partial charge in [0.2, 0.25) is 0 Å². The van der Waals surface area contributed by atoms with Crippen LogP contribution in [0, 0.1) is 5.92 Å². The molecule has 2 aliphatic rings. The highest BCUT2D eigenvalue weighted by atomic mass is 32.1. The van der Waals surface area contributed by atoms with Crippen LogP contribution in [0.3, 0.4) is 0 Å². The van der Waals surface area contributed by atoms with Crippen molar-refractivity contribution in [2.75, 3.05) is 18.7 Å². The minimum atomic E-state index is -1.01. The molecular weight excluding hydrogens is 355 g/mol. The molecule has 2 aromatic rings. The number of hydrazone groups is 1. The molecular formula is C16H15BN4O4S. The van der Waals surface area contributed by atoms with Crippen molar-refractivity contribution in [3.05, 3.63) is 41.1 Å². The highest BCUT2D eigenvalue weighted by molar-refractivity contribution is 7.18. The first-order chi connectivity index (χ1) is 12.5. The van der Waals surface area contributed by atoms with Gasteiger partial charge in [-0.15, -0.1) is 11.3 Å². The summed E-state index contributed by atoms with van der Waals surface area (Å²) in [6.45, 7) is 0.489. The van der Waals surface area contributed by atoms with Crippen molar-refractivity contribution >= 4 is 46.7 Å². The Morgan fingerprint density at radius 1 is 1.54 bits per heavy atom. The zero-order valence-electron chi connectivity index (χ0n) is 13.8. The minimum Gasteiger partial charge on any atom is -0.478 e. The number of carboxylic acids is 1. The van der Waals surface area contributed by atoms with Crippen LogP contribution in [0.25, 0.3) is 10.2 Å². The first-order valence-corrected chi connectivity index (χ1v) is 8.85. The summed E-state index contributed by atoms with van der Waals surface area (Å²) in [6, 6.07) is 0. The molecule has 0 radical (unpaired) electrons. The Balaban J connectivity index is 1.57. The highest BCUT2D eigenvalue weighted by Crippen LogP contribution is 2.35. The zero-order valence-corrected chi connectivity index (χ0v) is 14.6. The summed E-state index contributed by atoms with van der Waals surface area (Å²) in [7, 11) is 1.00. The molecule has 3 heterocycles. The summed E-state index contributed by atoms with van der Waals surface area (Å²) in [4.78, 5) is 19.6. The van der Waals surface area contributed by atoms with E-state index < -0.39 is 13.1 Å². The Bertz CT molecular complexity index is 957. The van der Waals surface area contributed by atoms with E-state index in [4.69, 9.17) is 4.65 Å². The monoisotopic (exact) mass is 370 g/mol. The Morgan fingerprint density at radius 3 is 3.19 bits per heavy atom. The second-order valence-electron chi connectivity index (χ2n) is 6.09. The third kappa shape index (κ3) is 2.92. The van der Waals surface area contributed by atoms with E-state index in [2.05, 4.69) is 15.1 Å². The fraction of sp³-hybridized carbons (Fsp3) is 0.250. The van der Waals surface area contributed by atoms with E-state index in [1.54, 1.807) is 23.7 Å². The van der Waals surface area contributed by atoms with Crippen LogP contribution in [0.5, 0.6) is 0 Å². The minimum absolute atomic E-state index is 0.00747. The second-order valence-corrected chi connectivity index (χ2v) is 6.97. The van der Waals surface area contributed by atoms with E-state index in [1.165, 1.54) is 17.7 Å². The number of aromatic carboxylic acids is 1. The molecule has 2 atom stereocenters. The van der Waals surface area contributed by atoms with Crippen LogP contribution in [0.15, 0.2) is 40.6 Å². The third-order valence-electron chi connectivity index (χ3n) is 4.45. The van der Waals surface area contributed by atoms with Gasteiger partial charge in [-0.05, 0) is 5.57 Å². The molecule has 26 heavy (non-hydrogen) atoms. The Kier molecular flexibility index (Phi) is 4.31. The summed E-state index contributed by atoms with van der Waals surface area (Å²) in [5, 5.41) is 26.5. The molecule has 10 heteroatoms. The molecule has 1 aliphatic heterocycles. The largest absolute Gasteiger partial charge is 0.478 e. The smallest absolute Gasteiger partial charge is 0.462 e. The van der Waals surface area contributed by atoms with Gasteiger partial charge in [-0.25, -0.2) is 19.8 Å². The Morgan fingerprint density at radius 2 is 2.38 bits per heavy atom. The first-order valence-electron chi connectivity index (χ1n) is 7.97. The molecule has 0 aromatic carbocycles. The maximum Gasteiger partial charge on any atom is 0.462 e. The van der Waals surface area contributed by atoms with Crippen LogP contribution in [-0.4, -0.2) is 53.1 Å². The number of thiophene rings is 1. The van der Waals surface area contributed by atoms with Crippen molar-refractivity contribution in [2.45, 2.75) is 5.82 Å². The molecule has 1 aliphatic carbocycles. The maximum atomic E-state index is 11.3. The van der Waals surface area contributed by atoms with Crippen molar-refractivity contribution in [1.82, 2.24) is 9.97 Å². The lowest BCUT2D eigenvalue weighted by Gasteiger charge is -2.16. The number of nitrogens with zero attached hydrogens (tertiary/aromatic N) is 4. The van der Waals surface area contributed by atoms with E-state index in [9.17, 15) is 14.9 Å². The molecule has 1 fully saturated rings. The quantitative estimate of drug-likeness (QED) is 0.480. The van der Waals surface area contributed by atoms with Crippen molar-refractivity contribution in [2.24, 2.45) is 11.0 Å². The molecule has 2 unspecified atom stereocenters. The highest BCUT2D eigenvalue weighted by Gasteiger charge is 2.39.